The van der Waals surface area contributed by atoms with Crippen LogP contribution in [0.5, 0.6) is 0 Å². The molecule has 4 heteroatoms. The molecule has 0 saturated carbocycles. The van der Waals surface area contributed by atoms with Crippen molar-refractivity contribution in [3.63, 3.8) is 0 Å². The topological polar surface area (TPSA) is 54.0 Å². The van der Waals surface area contributed by atoms with Crippen LogP contribution in [0.3, 0.4) is 0 Å². The molecule has 0 bridgehead atoms. The summed E-state index contributed by atoms with van der Waals surface area (Å²) in [5, 5.41) is 5.80. The normalized spacial score (nSPS) is 10.3. The van der Waals surface area contributed by atoms with Crippen molar-refractivity contribution in [2.75, 3.05) is 5.32 Å². The van der Waals surface area contributed by atoms with Gasteiger partial charge in [-0.3, -0.25) is 4.98 Å². The molecule has 1 aromatic heterocycles. The highest BCUT2D eigenvalue weighted by Gasteiger charge is 2.07. The summed E-state index contributed by atoms with van der Waals surface area (Å²) in [4.78, 5) is 16.4. The highest BCUT2D eigenvalue weighted by atomic mass is 16.2. The van der Waals surface area contributed by atoms with Crippen molar-refractivity contribution in [1.29, 1.82) is 0 Å². The minimum atomic E-state index is -0.218. The van der Waals surface area contributed by atoms with Crippen LogP contribution in [0.25, 0.3) is 11.1 Å². The zero-order valence-electron chi connectivity index (χ0n) is 14.4. The summed E-state index contributed by atoms with van der Waals surface area (Å²) in [6.45, 7) is 4.53. The van der Waals surface area contributed by atoms with Gasteiger partial charge in [0, 0.05) is 30.2 Å². The fourth-order valence-corrected chi connectivity index (χ4v) is 2.65. The van der Waals surface area contributed by atoms with Crippen LogP contribution in [0.1, 0.15) is 16.7 Å². The predicted molar refractivity (Wildman–Crippen MR) is 101 cm³/mol. The smallest absolute Gasteiger partial charge is 0.319 e. The number of anilines is 1. The largest absolute Gasteiger partial charge is 0.334 e. The molecular formula is C21H21N3O. The number of nitrogens with zero attached hydrogens (tertiary/aromatic N) is 1. The van der Waals surface area contributed by atoms with Gasteiger partial charge in [0.25, 0.3) is 0 Å². The van der Waals surface area contributed by atoms with Crippen LogP contribution in [0.2, 0.25) is 0 Å². The van der Waals surface area contributed by atoms with Gasteiger partial charge in [0.15, 0.2) is 0 Å². The first-order valence-electron chi connectivity index (χ1n) is 8.24. The van der Waals surface area contributed by atoms with E-state index in [-0.39, 0.29) is 6.03 Å². The van der Waals surface area contributed by atoms with E-state index in [0.717, 1.165) is 27.9 Å². The van der Waals surface area contributed by atoms with Crippen LogP contribution in [0.15, 0.2) is 67.0 Å². The second kappa shape index (κ2) is 7.62. The van der Waals surface area contributed by atoms with Crippen LogP contribution in [0, 0.1) is 13.8 Å². The van der Waals surface area contributed by atoms with Crippen molar-refractivity contribution in [3.8, 4) is 11.1 Å². The van der Waals surface area contributed by atoms with Crippen molar-refractivity contribution < 1.29 is 4.79 Å². The highest BCUT2D eigenvalue weighted by molar-refractivity contribution is 5.89. The fourth-order valence-electron chi connectivity index (χ4n) is 2.65. The summed E-state index contributed by atoms with van der Waals surface area (Å²) in [6, 6.07) is 17.6. The van der Waals surface area contributed by atoms with Crippen LogP contribution in [-0.2, 0) is 6.54 Å². The first-order valence-corrected chi connectivity index (χ1v) is 8.24. The van der Waals surface area contributed by atoms with Gasteiger partial charge < -0.3 is 10.6 Å². The number of aromatic nitrogens is 1. The Hall–Kier alpha value is -3.14. The van der Waals surface area contributed by atoms with Crippen molar-refractivity contribution >= 4 is 11.7 Å². The molecule has 0 unspecified atom stereocenters. The molecule has 126 valence electrons. The van der Waals surface area contributed by atoms with Crippen molar-refractivity contribution in [2.24, 2.45) is 0 Å². The molecule has 0 radical (unpaired) electrons. The standard InChI is InChI=1S/C21H21N3O/c1-15-9-10-19(12-16(15)2)24-21(25)23-14-18-6-3-4-8-20(18)17-7-5-11-22-13-17/h3-13H,14H2,1-2H3,(H2,23,24,25). The maximum absolute atomic E-state index is 12.2. The molecule has 3 rings (SSSR count). The lowest BCUT2D eigenvalue weighted by Gasteiger charge is -2.12. The zero-order chi connectivity index (χ0) is 17.6. The average Bonchev–Trinajstić information content (AvgIpc) is 2.64. The van der Waals surface area contributed by atoms with Crippen LogP contribution in [-0.4, -0.2) is 11.0 Å². The number of hydrogen-bond donors (Lipinski definition) is 2. The Morgan fingerprint density at radius 1 is 1.00 bits per heavy atom. The number of pyridine rings is 1. The summed E-state index contributed by atoms with van der Waals surface area (Å²) < 4.78 is 0. The molecule has 0 fully saturated rings. The van der Waals surface area contributed by atoms with E-state index >= 15 is 0 Å². The zero-order valence-corrected chi connectivity index (χ0v) is 14.4. The number of hydrogen-bond acceptors (Lipinski definition) is 2. The van der Waals surface area contributed by atoms with E-state index in [4.69, 9.17) is 0 Å². The van der Waals surface area contributed by atoms with Gasteiger partial charge >= 0.3 is 6.03 Å². The van der Waals surface area contributed by atoms with Crippen molar-refractivity contribution in [2.45, 2.75) is 20.4 Å². The Kier molecular flexibility index (Phi) is 5.09. The number of aryl methyl sites for hydroxylation is 2. The van der Waals surface area contributed by atoms with Crippen molar-refractivity contribution in [3.05, 3.63) is 83.7 Å². The first-order chi connectivity index (χ1) is 12.1. The molecule has 2 N–H and O–H groups in total. The summed E-state index contributed by atoms with van der Waals surface area (Å²) in [7, 11) is 0. The molecule has 1 heterocycles. The molecule has 0 saturated heterocycles. The van der Waals surface area contributed by atoms with Crippen LogP contribution in [0.4, 0.5) is 10.5 Å². The van der Waals surface area contributed by atoms with Gasteiger partial charge in [0.05, 0.1) is 0 Å². The SMILES string of the molecule is Cc1ccc(NC(=O)NCc2ccccc2-c2cccnc2)cc1C. The Labute approximate surface area is 147 Å². The maximum Gasteiger partial charge on any atom is 0.319 e. The Balaban J connectivity index is 1.67. The van der Waals surface area contributed by atoms with E-state index in [0.29, 0.717) is 6.54 Å². The molecule has 0 aliphatic carbocycles. The third-order valence-electron chi connectivity index (χ3n) is 4.19. The monoisotopic (exact) mass is 331 g/mol. The molecule has 0 spiro atoms. The van der Waals surface area contributed by atoms with Crippen LogP contribution < -0.4 is 10.6 Å². The minimum absolute atomic E-state index is 0.218. The van der Waals surface area contributed by atoms with E-state index in [1.165, 1.54) is 5.56 Å². The molecule has 4 nitrogen and oxygen atoms in total. The number of benzene rings is 2. The van der Waals surface area contributed by atoms with Gasteiger partial charge in [-0.15, -0.1) is 0 Å². The minimum Gasteiger partial charge on any atom is -0.334 e. The number of urea groups is 1. The molecule has 0 aliphatic heterocycles. The predicted octanol–water partition coefficient (Wildman–Crippen LogP) is 4.69. The molecular weight excluding hydrogens is 310 g/mol. The third-order valence-corrected chi connectivity index (χ3v) is 4.19. The second-order valence-electron chi connectivity index (χ2n) is 6.01. The third kappa shape index (κ3) is 4.23. The molecule has 3 aromatic rings. The van der Waals surface area contributed by atoms with Crippen LogP contribution >= 0.6 is 0 Å². The lowest BCUT2D eigenvalue weighted by Crippen LogP contribution is -2.28. The summed E-state index contributed by atoms with van der Waals surface area (Å²) in [5.74, 6) is 0. The number of carbonyl (C=O) groups excluding carboxylic acids is 1. The van der Waals surface area contributed by atoms with Gasteiger partial charge in [-0.05, 0) is 54.3 Å². The Bertz CT molecular complexity index is 875. The summed E-state index contributed by atoms with van der Waals surface area (Å²) >= 11 is 0. The molecule has 2 aromatic carbocycles. The average molecular weight is 331 g/mol. The van der Waals surface area contributed by atoms with Gasteiger partial charge in [-0.2, -0.15) is 0 Å². The lowest BCUT2D eigenvalue weighted by molar-refractivity contribution is 0.252. The highest BCUT2D eigenvalue weighted by Crippen LogP contribution is 2.22. The summed E-state index contributed by atoms with van der Waals surface area (Å²) in [6.07, 6.45) is 3.58. The number of rotatable bonds is 4. The number of carbonyl (C=O) groups is 1. The maximum atomic E-state index is 12.2. The van der Waals surface area contributed by atoms with E-state index < -0.39 is 0 Å². The second-order valence-corrected chi connectivity index (χ2v) is 6.01. The number of amides is 2. The first kappa shape index (κ1) is 16.7. The Morgan fingerprint density at radius 2 is 1.84 bits per heavy atom. The van der Waals surface area contributed by atoms with Gasteiger partial charge in [0.2, 0.25) is 0 Å². The molecule has 25 heavy (non-hydrogen) atoms. The van der Waals surface area contributed by atoms with Gasteiger partial charge in [-0.1, -0.05) is 36.4 Å². The molecule has 0 atom stereocenters. The van der Waals surface area contributed by atoms with Crippen molar-refractivity contribution in [1.82, 2.24) is 10.3 Å². The molecule has 2 amide bonds. The lowest BCUT2D eigenvalue weighted by atomic mass is 10.0. The summed E-state index contributed by atoms with van der Waals surface area (Å²) in [5.41, 5.74) is 6.31. The van der Waals surface area contributed by atoms with E-state index in [9.17, 15) is 4.79 Å². The quantitative estimate of drug-likeness (QED) is 0.729. The van der Waals surface area contributed by atoms with E-state index in [2.05, 4.69) is 22.5 Å². The fraction of sp³-hybridized carbons (Fsp3) is 0.143. The van der Waals surface area contributed by atoms with E-state index in [1.54, 1.807) is 6.20 Å². The van der Waals surface area contributed by atoms with E-state index in [1.807, 2.05) is 67.7 Å². The number of nitrogens with one attached hydrogen (secondary N) is 2. The van der Waals surface area contributed by atoms with Gasteiger partial charge in [0.1, 0.15) is 0 Å². The Morgan fingerprint density at radius 3 is 2.60 bits per heavy atom. The molecule has 0 aliphatic rings. The van der Waals surface area contributed by atoms with Gasteiger partial charge in [-0.25, -0.2) is 4.79 Å².